The summed E-state index contributed by atoms with van der Waals surface area (Å²) < 4.78 is 0. The third-order valence-corrected chi connectivity index (χ3v) is 3.22. The molecule has 2 atom stereocenters. The van der Waals surface area contributed by atoms with Gasteiger partial charge in [-0.1, -0.05) is 19.4 Å². The number of hydrogen-bond donors (Lipinski definition) is 2. The van der Waals surface area contributed by atoms with Crippen molar-refractivity contribution in [2.45, 2.75) is 46.1 Å². The highest BCUT2D eigenvalue weighted by Gasteiger charge is 2.23. The van der Waals surface area contributed by atoms with Gasteiger partial charge in [-0.15, -0.1) is 0 Å². The van der Waals surface area contributed by atoms with Crippen LogP contribution in [-0.2, 0) is 4.79 Å². The van der Waals surface area contributed by atoms with Gasteiger partial charge in [-0.3, -0.25) is 0 Å². The van der Waals surface area contributed by atoms with Crippen LogP contribution in [0.2, 0.25) is 0 Å². The van der Waals surface area contributed by atoms with Gasteiger partial charge in [0, 0.05) is 18.7 Å². The number of carboxylic acids is 1. The molecule has 0 aliphatic heterocycles. The van der Waals surface area contributed by atoms with Gasteiger partial charge in [0.2, 0.25) is 0 Å². The van der Waals surface area contributed by atoms with Crippen molar-refractivity contribution in [1.82, 2.24) is 5.32 Å². The minimum absolute atomic E-state index is 0.552. The summed E-state index contributed by atoms with van der Waals surface area (Å²) in [7, 11) is 0. The predicted octanol–water partition coefficient (Wildman–Crippen LogP) is 2.43. The van der Waals surface area contributed by atoms with Crippen LogP contribution in [0.1, 0.15) is 40.0 Å². The first-order valence-corrected chi connectivity index (χ1v) is 6.11. The molecular formula is C13H23NO2. The Labute approximate surface area is 97.9 Å². The Balaban J connectivity index is 2.34. The fraction of sp³-hybridized carbons (Fsp3) is 0.769. The van der Waals surface area contributed by atoms with Gasteiger partial charge >= 0.3 is 5.97 Å². The molecule has 0 saturated heterocycles. The summed E-state index contributed by atoms with van der Waals surface area (Å²) >= 11 is 0. The molecule has 2 N–H and O–H groups in total. The average molecular weight is 225 g/mol. The van der Waals surface area contributed by atoms with E-state index in [9.17, 15) is 4.79 Å². The van der Waals surface area contributed by atoms with Crippen molar-refractivity contribution < 1.29 is 9.90 Å². The molecule has 1 rings (SSSR count). The summed E-state index contributed by atoms with van der Waals surface area (Å²) in [4.78, 5) is 10.5. The first kappa shape index (κ1) is 13.2. The zero-order valence-corrected chi connectivity index (χ0v) is 10.5. The number of nitrogens with one attached hydrogen (secondary N) is 1. The standard InChI is InChI=1S/C13H23NO2/c1-9-4-10(2)6-12(5-9)14-8-11(3)7-13(15)16/h7,9-10,12,14H,4-6,8H2,1-3H3,(H,15,16). The Hall–Kier alpha value is -0.830. The van der Waals surface area contributed by atoms with Crippen molar-refractivity contribution in [1.29, 1.82) is 0 Å². The summed E-state index contributed by atoms with van der Waals surface area (Å²) in [5, 5.41) is 12.1. The molecule has 3 nitrogen and oxygen atoms in total. The number of carbonyl (C=O) groups is 1. The molecule has 2 unspecified atom stereocenters. The SMILES string of the molecule is CC(=CC(=O)O)CNC1CC(C)CC(C)C1. The molecular weight excluding hydrogens is 202 g/mol. The van der Waals surface area contributed by atoms with E-state index in [4.69, 9.17) is 5.11 Å². The van der Waals surface area contributed by atoms with Gasteiger partial charge in [-0.2, -0.15) is 0 Å². The number of aliphatic carboxylic acids is 1. The zero-order chi connectivity index (χ0) is 12.1. The largest absolute Gasteiger partial charge is 0.478 e. The van der Waals surface area contributed by atoms with E-state index < -0.39 is 5.97 Å². The molecule has 1 aliphatic carbocycles. The number of carboxylic acid groups (broad SMARTS) is 1. The summed E-state index contributed by atoms with van der Waals surface area (Å²) in [5.74, 6) is 0.708. The smallest absolute Gasteiger partial charge is 0.328 e. The van der Waals surface area contributed by atoms with E-state index in [0.717, 1.165) is 17.4 Å². The van der Waals surface area contributed by atoms with Gasteiger partial charge in [0.25, 0.3) is 0 Å². The van der Waals surface area contributed by atoms with E-state index >= 15 is 0 Å². The van der Waals surface area contributed by atoms with Gasteiger partial charge in [-0.25, -0.2) is 4.79 Å². The molecule has 92 valence electrons. The third kappa shape index (κ3) is 4.79. The van der Waals surface area contributed by atoms with E-state index in [1.54, 1.807) is 0 Å². The highest BCUT2D eigenvalue weighted by molar-refractivity contribution is 5.80. The van der Waals surface area contributed by atoms with E-state index in [2.05, 4.69) is 19.2 Å². The van der Waals surface area contributed by atoms with Gasteiger partial charge < -0.3 is 10.4 Å². The highest BCUT2D eigenvalue weighted by atomic mass is 16.4. The lowest BCUT2D eigenvalue weighted by Gasteiger charge is -2.32. The fourth-order valence-electron chi connectivity index (χ4n) is 2.68. The van der Waals surface area contributed by atoms with Crippen LogP contribution in [0.25, 0.3) is 0 Å². The van der Waals surface area contributed by atoms with Gasteiger partial charge in [0.05, 0.1) is 0 Å². The molecule has 0 spiro atoms. The van der Waals surface area contributed by atoms with Crippen molar-refractivity contribution in [2.75, 3.05) is 6.54 Å². The van der Waals surface area contributed by atoms with Crippen molar-refractivity contribution in [2.24, 2.45) is 11.8 Å². The highest BCUT2D eigenvalue weighted by Crippen LogP contribution is 2.28. The number of rotatable bonds is 4. The van der Waals surface area contributed by atoms with Crippen LogP contribution in [-0.4, -0.2) is 23.7 Å². The molecule has 0 amide bonds. The quantitative estimate of drug-likeness (QED) is 0.722. The van der Waals surface area contributed by atoms with E-state index in [1.165, 1.54) is 25.3 Å². The Morgan fingerprint density at radius 2 is 1.88 bits per heavy atom. The van der Waals surface area contributed by atoms with Gasteiger partial charge in [0.1, 0.15) is 0 Å². The van der Waals surface area contributed by atoms with Crippen LogP contribution >= 0.6 is 0 Å². The molecule has 0 bridgehead atoms. The maximum absolute atomic E-state index is 10.5. The van der Waals surface area contributed by atoms with Crippen LogP contribution in [0.3, 0.4) is 0 Å². The normalized spacial score (nSPS) is 31.4. The Morgan fingerprint density at radius 3 is 2.38 bits per heavy atom. The second-order valence-corrected chi connectivity index (χ2v) is 5.32. The van der Waals surface area contributed by atoms with Crippen molar-refractivity contribution in [3.05, 3.63) is 11.6 Å². The van der Waals surface area contributed by atoms with Crippen LogP contribution < -0.4 is 5.32 Å². The summed E-state index contributed by atoms with van der Waals surface area (Å²) in [6.45, 7) is 7.14. The van der Waals surface area contributed by atoms with Gasteiger partial charge in [0.15, 0.2) is 0 Å². The second-order valence-electron chi connectivity index (χ2n) is 5.32. The van der Waals surface area contributed by atoms with Crippen LogP contribution in [0, 0.1) is 11.8 Å². The Bertz CT molecular complexity index is 263. The first-order chi connectivity index (χ1) is 7.47. The van der Waals surface area contributed by atoms with E-state index in [0.29, 0.717) is 12.6 Å². The third-order valence-electron chi connectivity index (χ3n) is 3.22. The molecule has 1 fully saturated rings. The Morgan fingerprint density at radius 1 is 1.31 bits per heavy atom. The molecule has 0 heterocycles. The molecule has 1 saturated carbocycles. The zero-order valence-electron chi connectivity index (χ0n) is 10.5. The molecule has 0 radical (unpaired) electrons. The number of hydrogen-bond acceptors (Lipinski definition) is 2. The van der Waals surface area contributed by atoms with Crippen LogP contribution in [0.15, 0.2) is 11.6 Å². The average Bonchev–Trinajstić information content (AvgIpc) is 2.12. The van der Waals surface area contributed by atoms with Crippen molar-refractivity contribution in [3.63, 3.8) is 0 Å². The van der Waals surface area contributed by atoms with Crippen molar-refractivity contribution in [3.8, 4) is 0 Å². The van der Waals surface area contributed by atoms with Crippen LogP contribution in [0.5, 0.6) is 0 Å². The predicted molar refractivity (Wildman–Crippen MR) is 65.4 cm³/mol. The maximum atomic E-state index is 10.5. The molecule has 0 aromatic heterocycles. The summed E-state index contributed by atoms with van der Waals surface area (Å²) in [6.07, 6.45) is 5.03. The molecule has 0 aromatic carbocycles. The minimum Gasteiger partial charge on any atom is -0.478 e. The lowest BCUT2D eigenvalue weighted by atomic mass is 9.80. The van der Waals surface area contributed by atoms with E-state index in [1.807, 2.05) is 6.92 Å². The summed E-state index contributed by atoms with van der Waals surface area (Å²) in [6, 6.07) is 0.552. The topological polar surface area (TPSA) is 49.3 Å². The Kier molecular flexibility index (Phi) is 5.00. The van der Waals surface area contributed by atoms with E-state index in [-0.39, 0.29) is 0 Å². The van der Waals surface area contributed by atoms with Gasteiger partial charge in [-0.05, 0) is 38.0 Å². The molecule has 16 heavy (non-hydrogen) atoms. The minimum atomic E-state index is -0.857. The molecule has 0 aromatic rings. The maximum Gasteiger partial charge on any atom is 0.328 e. The summed E-state index contributed by atoms with van der Waals surface area (Å²) in [5.41, 5.74) is 0.887. The van der Waals surface area contributed by atoms with Crippen molar-refractivity contribution >= 4 is 5.97 Å². The molecule has 1 aliphatic rings. The fourth-order valence-corrected chi connectivity index (χ4v) is 2.68. The lowest BCUT2D eigenvalue weighted by molar-refractivity contribution is -0.131. The lowest BCUT2D eigenvalue weighted by Crippen LogP contribution is -2.37. The molecule has 3 heteroatoms. The second kappa shape index (κ2) is 6.04. The monoisotopic (exact) mass is 225 g/mol. The first-order valence-electron chi connectivity index (χ1n) is 6.11. The van der Waals surface area contributed by atoms with Crippen LogP contribution in [0.4, 0.5) is 0 Å².